The second-order valence-corrected chi connectivity index (χ2v) is 4.90. The minimum Gasteiger partial charge on any atom is -0.312 e. The zero-order chi connectivity index (χ0) is 17.1. The number of carbonyl (C=O) groups is 2. The predicted octanol–water partition coefficient (Wildman–Crippen LogP) is 1.53. The van der Waals surface area contributed by atoms with Crippen LogP contribution in [0.1, 0.15) is 10.4 Å². The number of likely N-dealkylation sites (N-methyl/N-ethyl adjacent to an activating group) is 1. The van der Waals surface area contributed by atoms with Gasteiger partial charge in [0.2, 0.25) is 5.91 Å². The summed E-state index contributed by atoms with van der Waals surface area (Å²) in [5, 5.41) is 6.76. The number of benzene rings is 1. The zero-order valence-electron chi connectivity index (χ0n) is 12.9. The molecule has 0 aliphatic rings. The molecule has 2 amide bonds. The molecule has 0 fully saturated rings. The van der Waals surface area contributed by atoms with E-state index in [0.29, 0.717) is 22.8 Å². The first-order valence-corrected chi connectivity index (χ1v) is 7.06. The van der Waals surface area contributed by atoms with E-state index in [-0.39, 0.29) is 11.8 Å². The maximum Gasteiger partial charge on any atom is 0.256 e. The lowest BCUT2D eigenvalue weighted by molar-refractivity contribution is -0.113. The lowest BCUT2D eigenvalue weighted by atomic mass is 10.2. The van der Waals surface area contributed by atoms with Crippen LogP contribution in [-0.4, -0.2) is 38.4 Å². The van der Waals surface area contributed by atoms with Gasteiger partial charge < -0.3 is 10.2 Å². The van der Waals surface area contributed by atoms with E-state index in [0.717, 1.165) is 0 Å². The first-order chi connectivity index (χ1) is 11.6. The van der Waals surface area contributed by atoms with E-state index in [1.54, 1.807) is 43.6 Å². The summed E-state index contributed by atoms with van der Waals surface area (Å²) in [6.07, 6.45) is 4.13. The third kappa shape index (κ3) is 2.84. The van der Waals surface area contributed by atoms with Crippen molar-refractivity contribution in [1.29, 1.82) is 0 Å². The second kappa shape index (κ2) is 6.29. The molecule has 2 heterocycles. The highest BCUT2D eigenvalue weighted by Gasteiger charge is 2.11. The van der Waals surface area contributed by atoms with Gasteiger partial charge in [0.1, 0.15) is 12.1 Å². The molecule has 8 heteroatoms. The van der Waals surface area contributed by atoms with E-state index in [4.69, 9.17) is 0 Å². The van der Waals surface area contributed by atoms with Crippen molar-refractivity contribution in [3.63, 3.8) is 0 Å². The fourth-order valence-corrected chi connectivity index (χ4v) is 2.12. The molecule has 3 aromatic rings. The predicted molar refractivity (Wildman–Crippen MR) is 88.8 cm³/mol. The zero-order valence-corrected chi connectivity index (χ0v) is 12.9. The van der Waals surface area contributed by atoms with Crippen molar-refractivity contribution in [3.05, 3.63) is 61.1 Å². The third-order valence-corrected chi connectivity index (χ3v) is 3.44. The molecular formula is C16H14N6O2. The van der Waals surface area contributed by atoms with Crippen LogP contribution in [0.4, 0.5) is 11.5 Å². The maximum absolute atomic E-state index is 12.4. The summed E-state index contributed by atoms with van der Waals surface area (Å²) >= 11 is 0. The number of hydrogen-bond acceptors (Lipinski definition) is 5. The Bertz CT molecular complexity index is 916. The number of nitrogens with zero attached hydrogens (tertiary/aromatic N) is 5. The van der Waals surface area contributed by atoms with E-state index in [1.807, 2.05) is 0 Å². The number of nitrogens with one attached hydrogen (secondary N) is 1. The molecule has 120 valence electrons. The fourth-order valence-electron chi connectivity index (χ4n) is 2.12. The summed E-state index contributed by atoms with van der Waals surface area (Å²) in [6, 6.07) is 8.28. The summed E-state index contributed by atoms with van der Waals surface area (Å²) in [4.78, 5) is 33.4. The van der Waals surface area contributed by atoms with Gasteiger partial charge in [-0.1, -0.05) is 6.58 Å². The number of rotatable bonds is 4. The highest BCUT2D eigenvalue weighted by Crippen LogP contribution is 2.15. The Morgan fingerprint density at radius 2 is 1.96 bits per heavy atom. The number of hydrogen-bond donors (Lipinski definition) is 1. The smallest absolute Gasteiger partial charge is 0.256 e. The summed E-state index contributed by atoms with van der Waals surface area (Å²) in [7, 11) is 1.64. The van der Waals surface area contributed by atoms with Crippen LogP contribution in [0.5, 0.6) is 0 Å². The van der Waals surface area contributed by atoms with E-state index in [9.17, 15) is 9.59 Å². The molecule has 1 N–H and O–H groups in total. The van der Waals surface area contributed by atoms with Crippen molar-refractivity contribution < 1.29 is 9.59 Å². The molecule has 0 unspecified atom stereocenters. The number of carbonyl (C=O) groups excluding carboxylic acids is 2. The molecule has 0 aliphatic heterocycles. The van der Waals surface area contributed by atoms with Crippen LogP contribution in [0.2, 0.25) is 0 Å². The first kappa shape index (κ1) is 15.3. The van der Waals surface area contributed by atoms with Crippen molar-refractivity contribution in [2.24, 2.45) is 0 Å². The molecule has 2 aromatic heterocycles. The van der Waals surface area contributed by atoms with Crippen LogP contribution >= 0.6 is 0 Å². The summed E-state index contributed by atoms with van der Waals surface area (Å²) in [5.41, 5.74) is 1.11. The van der Waals surface area contributed by atoms with E-state index >= 15 is 0 Å². The molecule has 0 atom stereocenters. The lowest BCUT2D eigenvalue weighted by Gasteiger charge is -2.15. The van der Waals surface area contributed by atoms with Crippen molar-refractivity contribution in [1.82, 2.24) is 19.6 Å². The molecule has 3 rings (SSSR count). The van der Waals surface area contributed by atoms with Gasteiger partial charge in [0, 0.05) is 24.5 Å². The van der Waals surface area contributed by atoms with Crippen LogP contribution in [0.15, 0.2) is 55.5 Å². The summed E-state index contributed by atoms with van der Waals surface area (Å²) in [5.74, 6) is 0.332. The Balaban J connectivity index is 1.79. The first-order valence-electron chi connectivity index (χ1n) is 7.06. The van der Waals surface area contributed by atoms with Gasteiger partial charge in [0.25, 0.3) is 11.7 Å². The Morgan fingerprint density at radius 3 is 2.67 bits per heavy atom. The molecule has 8 nitrogen and oxygen atoms in total. The molecule has 0 radical (unpaired) electrons. The van der Waals surface area contributed by atoms with Gasteiger partial charge in [-0.05, 0) is 36.4 Å². The Labute approximate surface area is 137 Å². The molecule has 0 saturated heterocycles. The summed E-state index contributed by atoms with van der Waals surface area (Å²) in [6.45, 7) is 3.45. The van der Waals surface area contributed by atoms with Crippen LogP contribution in [0.3, 0.4) is 0 Å². The van der Waals surface area contributed by atoms with E-state index in [2.05, 4.69) is 27.0 Å². The molecule has 0 bridgehead atoms. The lowest BCUT2D eigenvalue weighted by Crippen LogP contribution is -2.23. The van der Waals surface area contributed by atoms with Gasteiger partial charge >= 0.3 is 0 Å². The molecule has 24 heavy (non-hydrogen) atoms. The number of fused-ring (bicyclic) bond motifs is 1. The normalized spacial score (nSPS) is 10.4. The van der Waals surface area contributed by atoms with Gasteiger partial charge in [0.15, 0.2) is 0 Å². The standard InChI is InChI=1S/C16H14N6O2/c1-3-14(23)21(2)12-6-4-11(5-7-12)15(24)20-13-8-9-17-16-18-10-19-22(13)16/h3-10H,1H2,2H3,(H,20,24). The third-order valence-electron chi connectivity index (χ3n) is 3.44. The van der Waals surface area contributed by atoms with Crippen molar-refractivity contribution >= 4 is 29.1 Å². The molecule has 0 spiro atoms. The van der Waals surface area contributed by atoms with Crippen LogP contribution in [0.25, 0.3) is 5.78 Å². The minimum absolute atomic E-state index is 0.224. The molecule has 0 saturated carbocycles. The maximum atomic E-state index is 12.4. The average Bonchev–Trinajstić information content (AvgIpc) is 3.10. The highest BCUT2D eigenvalue weighted by molar-refractivity contribution is 6.05. The van der Waals surface area contributed by atoms with Crippen molar-refractivity contribution in [2.75, 3.05) is 17.3 Å². The van der Waals surface area contributed by atoms with Crippen molar-refractivity contribution in [2.45, 2.75) is 0 Å². The average molecular weight is 322 g/mol. The van der Waals surface area contributed by atoms with Gasteiger partial charge in [-0.15, -0.1) is 0 Å². The monoisotopic (exact) mass is 322 g/mol. The van der Waals surface area contributed by atoms with Crippen LogP contribution in [-0.2, 0) is 4.79 Å². The number of amides is 2. The Hall–Kier alpha value is -3.55. The molecule has 1 aromatic carbocycles. The topological polar surface area (TPSA) is 92.5 Å². The van der Waals surface area contributed by atoms with Gasteiger partial charge in [0.05, 0.1) is 0 Å². The van der Waals surface area contributed by atoms with E-state index in [1.165, 1.54) is 21.8 Å². The van der Waals surface area contributed by atoms with Gasteiger partial charge in [-0.2, -0.15) is 14.6 Å². The Morgan fingerprint density at radius 1 is 1.21 bits per heavy atom. The SMILES string of the molecule is C=CC(=O)N(C)c1ccc(C(=O)Nc2ccnc3ncnn23)cc1. The van der Waals surface area contributed by atoms with Gasteiger partial charge in [-0.25, -0.2) is 4.98 Å². The minimum atomic E-state index is -0.303. The van der Waals surface area contributed by atoms with E-state index < -0.39 is 0 Å². The quantitative estimate of drug-likeness (QED) is 0.735. The second-order valence-electron chi connectivity index (χ2n) is 4.90. The number of anilines is 2. The van der Waals surface area contributed by atoms with Gasteiger partial charge in [-0.3, -0.25) is 9.59 Å². The highest BCUT2D eigenvalue weighted by atomic mass is 16.2. The van der Waals surface area contributed by atoms with Crippen LogP contribution < -0.4 is 10.2 Å². The van der Waals surface area contributed by atoms with Crippen LogP contribution in [0, 0.1) is 0 Å². The molecular weight excluding hydrogens is 308 g/mol. The number of aromatic nitrogens is 4. The fraction of sp³-hybridized carbons (Fsp3) is 0.0625. The summed E-state index contributed by atoms with van der Waals surface area (Å²) < 4.78 is 1.43. The van der Waals surface area contributed by atoms with Crippen molar-refractivity contribution in [3.8, 4) is 0 Å². The Kier molecular flexibility index (Phi) is 4.02. The molecule has 0 aliphatic carbocycles. The largest absolute Gasteiger partial charge is 0.312 e.